The summed E-state index contributed by atoms with van der Waals surface area (Å²) in [5.74, 6) is -0.254. The molecule has 1 amide bonds. The Hall–Kier alpha value is -0.610. The largest absolute Gasteiger partial charge is 0.368 e. The topological polar surface area (TPSA) is 58.4 Å². The van der Waals surface area contributed by atoms with Crippen LogP contribution in [0, 0.1) is 5.41 Å². The molecule has 1 rings (SSSR count). The van der Waals surface area contributed by atoms with Gasteiger partial charge in [-0.2, -0.15) is 0 Å². The SMILES string of the molecule is CCC1(CC)CCN(CC(NC)C(N)=O)CC1. The Kier molecular flexibility index (Phi) is 5.40. The third-order valence-electron chi connectivity index (χ3n) is 4.55. The minimum absolute atomic E-state index is 0.217. The molecule has 1 saturated heterocycles. The first-order valence-electron chi connectivity index (χ1n) is 6.76. The zero-order valence-corrected chi connectivity index (χ0v) is 11.5. The van der Waals surface area contributed by atoms with Gasteiger partial charge in [-0.15, -0.1) is 0 Å². The predicted molar refractivity (Wildman–Crippen MR) is 70.7 cm³/mol. The molecule has 0 aromatic heterocycles. The van der Waals surface area contributed by atoms with Gasteiger partial charge in [0.1, 0.15) is 0 Å². The Bertz CT molecular complexity index is 241. The number of nitrogens with one attached hydrogen (secondary N) is 1. The maximum atomic E-state index is 11.2. The molecule has 0 aromatic rings. The van der Waals surface area contributed by atoms with Crippen LogP contribution in [0.5, 0.6) is 0 Å². The number of hydrogen-bond donors (Lipinski definition) is 2. The fourth-order valence-electron chi connectivity index (χ4n) is 2.75. The molecule has 0 bridgehead atoms. The summed E-state index contributed by atoms with van der Waals surface area (Å²) in [7, 11) is 1.79. The lowest BCUT2D eigenvalue weighted by Crippen LogP contribution is -2.50. The van der Waals surface area contributed by atoms with Crippen LogP contribution in [-0.4, -0.2) is 43.5 Å². The zero-order valence-electron chi connectivity index (χ0n) is 11.5. The summed E-state index contributed by atoms with van der Waals surface area (Å²) in [6.07, 6.45) is 5.02. The summed E-state index contributed by atoms with van der Waals surface area (Å²) >= 11 is 0. The second-order valence-electron chi connectivity index (χ2n) is 5.25. The van der Waals surface area contributed by atoms with Gasteiger partial charge in [-0.05, 0) is 38.4 Å². The molecular weight excluding hydrogens is 214 g/mol. The Morgan fingerprint density at radius 3 is 2.24 bits per heavy atom. The number of carbonyl (C=O) groups excluding carboxylic acids is 1. The molecule has 1 aliphatic rings. The third-order valence-corrected chi connectivity index (χ3v) is 4.55. The fourth-order valence-corrected chi connectivity index (χ4v) is 2.75. The standard InChI is InChI=1S/C13H27N3O/c1-4-13(5-2)6-8-16(9-7-13)10-11(15-3)12(14)17/h11,15H,4-10H2,1-3H3,(H2,14,17). The molecule has 0 radical (unpaired) electrons. The highest BCUT2D eigenvalue weighted by Gasteiger charge is 2.32. The smallest absolute Gasteiger partial charge is 0.235 e. The number of rotatable bonds is 6. The van der Waals surface area contributed by atoms with E-state index in [1.165, 1.54) is 25.7 Å². The van der Waals surface area contributed by atoms with E-state index in [9.17, 15) is 4.79 Å². The average Bonchev–Trinajstić information content (AvgIpc) is 2.36. The van der Waals surface area contributed by atoms with Gasteiger partial charge in [0.2, 0.25) is 5.91 Å². The second-order valence-corrected chi connectivity index (χ2v) is 5.25. The van der Waals surface area contributed by atoms with Gasteiger partial charge in [0, 0.05) is 6.54 Å². The predicted octanol–water partition coefficient (Wildman–Crippen LogP) is 0.962. The number of nitrogens with zero attached hydrogens (tertiary/aromatic N) is 1. The van der Waals surface area contributed by atoms with Gasteiger partial charge >= 0.3 is 0 Å². The normalized spacial score (nSPS) is 22.3. The molecule has 1 fully saturated rings. The summed E-state index contributed by atoms with van der Waals surface area (Å²) in [5, 5.41) is 2.98. The zero-order chi connectivity index (χ0) is 12.9. The molecule has 1 heterocycles. The van der Waals surface area contributed by atoms with Crippen molar-refractivity contribution in [2.24, 2.45) is 11.1 Å². The summed E-state index contributed by atoms with van der Waals surface area (Å²) in [6, 6.07) is -0.217. The average molecular weight is 241 g/mol. The number of carbonyl (C=O) groups is 1. The van der Waals surface area contributed by atoms with Crippen LogP contribution in [-0.2, 0) is 4.79 Å². The molecule has 1 unspecified atom stereocenters. The van der Waals surface area contributed by atoms with Crippen LogP contribution < -0.4 is 11.1 Å². The van der Waals surface area contributed by atoms with E-state index in [1.54, 1.807) is 7.05 Å². The van der Waals surface area contributed by atoms with Crippen molar-refractivity contribution in [3.8, 4) is 0 Å². The highest BCUT2D eigenvalue weighted by Crippen LogP contribution is 2.37. The first-order valence-corrected chi connectivity index (χ1v) is 6.76. The first kappa shape index (κ1) is 14.5. The number of likely N-dealkylation sites (N-methyl/N-ethyl adjacent to an activating group) is 1. The molecule has 4 heteroatoms. The van der Waals surface area contributed by atoms with E-state index in [4.69, 9.17) is 5.73 Å². The van der Waals surface area contributed by atoms with Crippen molar-refractivity contribution in [1.82, 2.24) is 10.2 Å². The molecule has 0 spiro atoms. The monoisotopic (exact) mass is 241 g/mol. The first-order chi connectivity index (χ1) is 8.06. The molecule has 1 atom stereocenters. The number of likely N-dealkylation sites (tertiary alicyclic amines) is 1. The van der Waals surface area contributed by atoms with E-state index in [0.717, 1.165) is 19.6 Å². The highest BCUT2D eigenvalue weighted by molar-refractivity contribution is 5.80. The summed E-state index contributed by atoms with van der Waals surface area (Å²) in [6.45, 7) is 7.51. The second kappa shape index (κ2) is 6.36. The van der Waals surface area contributed by atoms with E-state index in [2.05, 4.69) is 24.1 Å². The van der Waals surface area contributed by atoms with Crippen molar-refractivity contribution < 1.29 is 4.79 Å². The van der Waals surface area contributed by atoms with Crippen LogP contribution >= 0.6 is 0 Å². The maximum Gasteiger partial charge on any atom is 0.235 e. The van der Waals surface area contributed by atoms with Crippen LogP contribution in [0.3, 0.4) is 0 Å². The number of hydrogen-bond acceptors (Lipinski definition) is 3. The number of nitrogens with two attached hydrogens (primary N) is 1. The van der Waals surface area contributed by atoms with E-state index < -0.39 is 0 Å². The van der Waals surface area contributed by atoms with Gasteiger partial charge in [0.15, 0.2) is 0 Å². The highest BCUT2D eigenvalue weighted by atomic mass is 16.1. The van der Waals surface area contributed by atoms with E-state index >= 15 is 0 Å². The fraction of sp³-hybridized carbons (Fsp3) is 0.923. The quantitative estimate of drug-likeness (QED) is 0.728. The maximum absolute atomic E-state index is 11.2. The lowest BCUT2D eigenvalue weighted by Gasteiger charge is -2.41. The van der Waals surface area contributed by atoms with E-state index in [0.29, 0.717) is 5.41 Å². The van der Waals surface area contributed by atoms with E-state index in [-0.39, 0.29) is 11.9 Å². The van der Waals surface area contributed by atoms with Crippen LogP contribution in [0.1, 0.15) is 39.5 Å². The molecule has 4 nitrogen and oxygen atoms in total. The molecule has 3 N–H and O–H groups in total. The van der Waals surface area contributed by atoms with Crippen molar-refractivity contribution in [2.45, 2.75) is 45.6 Å². The Morgan fingerprint density at radius 2 is 1.88 bits per heavy atom. The molecular formula is C13H27N3O. The molecule has 100 valence electrons. The van der Waals surface area contributed by atoms with Gasteiger partial charge in [-0.3, -0.25) is 4.79 Å². The van der Waals surface area contributed by atoms with Crippen molar-refractivity contribution in [1.29, 1.82) is 0 Å². The van der Waals surface area contributed by atoms with E-state index in [1.807, 2.05) is 0 Å². The summed E-state index contributed by atoms with van der Waals surface area (Å²) in [4.78, 5) is 13.5. The van der Waals surface area contributed by atoms with Gasteiger partial charge < -0.3 is 16.0 Å². The number of piperidine rings is 1. The van der Waals surface area contributed by atoms with Crippen LogP contribution in [0.2, 0.25) is 0 Å². The molecule has 17 heavy (non-hydrogen) atoms. The van der Waals surface area contributed by atoms with Gasteiger partial charge in [-0.25, -0.2) is 0 Å². The van der Waals surface area contributed by atoms with Crippen LogP contribution in [0.25, 0.3) is 0 Å². The lowest BCUT2D eigenvalue weighted by molar-refractivity contribution is -0.120. The van der Waals surface area contributed by atoms with Crippen molar-refractivity contribution in [3.05, 3.63) is 0 Å². The van der Waals surface area contributed by atoms with Crippen LogP contribution in [0.4, 0.5) is 0 Å². The summed E-state index contributed by atoms with van der Waals surface area (Å²) < 4.78 is 0. The Labute approximate surface area is 105 Å². The molecule has 0 saturated carbocycles. The molecule has 0 aromatic carbocycles. The number of primary amides is 1. The summed E-state index contributed by atoms with van der Waals surface area (Å²) in [5.41, 5.74) is 5.88. The number of amides is 1. The van der Waals surface area contributed by atoms with Gasteiger partial charge in [0.25, 0.3) is 0 Å². The van der Waals surface area contributed by atoms with Gasteiger partial charge in [0.05, 0.1) is 6.04 Å². The minimum Gasteiger partial charge on any atom is -0.368 e. The molecule has 1 aliphatic heterocycles. The lowest BCUT2D eigenvalue weighted by atomic mass is 9.74. The Balaban J connectivity index is 2.44. The van der Waals surface area contributed by atoms with Crippen LogP contribution in [0.15, 0.2) is 0 Å². The van der Waals surface area contributed by atoms with Crippen molar-refractivity contribution in [3.63, 3.8) is 0 Å². The van der Waals surface area contributed by atoms with Gasteiger partial charge in [-0.1, -0.05) is 26.7 Å². The minimum atomic E-state index is -0.254. The Morgan fingerprint density at radius 1 is 1.35 bits per heavy atom. The van der Waals surface area contributed by atoms with Crippen molar-refractivity contribution >= 4 is 5.91 Å². The molecule has 0 aliphatic carbocycles. The third kappa shape index (κ3) is 3.68. The van der Waals surface area contributed by atoms with Crippen molar-refractivity contribution in [2.75, 3.05) is 26.7 Å².